The smallest absolute Gasteiger partial charge is 0.450 e. The number of aromatic nitrogens is 1. The van der Waals surface area contributed by atoms with Gasteiger partial charge >= 0.3 is 12.3 Å². The summed E-state index contributed by atoms with van der Waals surface area (Å²) in [5.41, 5.74) is -0.0912. The van der Waals surface area contributed by atoms with Crippen molar-refractivity contribution in [2.45, 2.75) is 36.2 Å². The van der Waals surface area contributed by atoms with Crippen molar-refractivity contribution >= 4 is 27.5 Å². The maximum Gasteiger partial charge on any atom is 0.452 e. The summed E-state index contributed by atoms with van der Waals surface area (Å²) in [6.45, 7) is 2.70. The van der Waals surface area contributed by atoms with Crippen molar-refractivity contribution in [1.82, 2.24) is 14.8 Å². The Balaban J connectivity index is 1.64. The largest absolute Gasteiger partial charge is 0.452 e. The summed E-state index contributed by atoms with van der Waals surface area (Å²) in [4.78, 5) is 13.4. The lowest BCUT2D eigenvalue weighted by atomic mass is 10.1. The van der Waals surface area contributed by atoms with Gasteiger partial charge in [0.15, 0.2) is 0 Å². The summed E-state index contributed by atoms with van der Waals surface area (Å²) in [5, 5.41) is 3.35. The third-order valence-electron chi connectivity index (χ3n) is 4.23. The fraction of sp³-hybridized carbons (Fsp3) is 0.500. The summed E-state index contributed by atoms with van der Waals surface area (Å²) in [6.07, 6.45) is -4.25. The monoisotopic (exact) mass is 453 g/mol. The van der Waals surface area contributed by atoms with E-state index >= 15 is 0 Å². The third-order valence-corrected chi connectivity index (χ3v) is 7.35. The molecular weight excluding hydrogens is 435 g/mol. The predicted octanol–water partition coefficient (Wildman–Crippen LogP) is 3.32. The van der Waals surface area contributed by atoms with Crippen molar-refractivity contribution in [3.63, 3.8) is 0 Å². The van der Waals surface area contributed by atoms with Gasteiger partial charge in [0.1, 0.15) is 9.90 Å². The van der Waals surface area contributed by atoms with Gasteiger partial charge in [0.2, 0.25) is 15.8 Å². The maximum atomic E-state index is 12.6. The van der Waals surface area contributed by atoms with Crippen molar-refractivity contribution in [2.24, 2.45) is 0 Å². The van der Waals surface area contributed by atoms with Gasteiger partial charge in [-0.1, -0.05) is 5.16 Å². The van der Waals surface area contributed by atoms with Crippen LogP contribution in [0.2, 0.25) is 0 Å². The summed E-state index contributed by atoms with van der Waals surface area (Å²) >= 11 is 0.793. The molecule has 13 heteroatoms. The molecule has 160 valence electrons. The minimum absolute atomic E-state index is 0.0446. The van der Waals surface area contributed by atoms with Gasteiger partial charge in [0.25, 0.3) is 0 Å². The van der Waals surface area contributed by atoms with Crippen molar-refractivity contribution in [3.05, 3.63) is 24.0 Å². The van der Waals surface area contributed by atoms with Gasteiger partial charge in [-0.2, -0.15) is 13.2 Å². The Morgan fingerprint density at radius 1 is 1.38 bits per heavy atom. The summed E-state index contributed by atoms with van der Waals surface area (Å²) in [7, 11) is -3.86. The average Bonchev–Trinajstić information content (AvgIpc) is 3.31. The van der Waals surface area contributed by atoms with Crippen LogP contribution in [0.15, 0.2) is 26.9 Å². The van der Waals surface area contributed by atoms with Gasteiger partial charge in [0.05, 0.1) is 11.5 Å². The highest BCUT2D eigenvalue weighted by Crippen LogP contribution is 2.35. The number of nitrogens with one attached hydrogen (secondary N) is 1. The molecule has 0 saturated carbocycles. The maximum absolute atomic E-state index is 12.6. The highest BCUT2D eigenvalue weighted by Gasteiger charge is 2.36. The number of sulfonamides is 1. The molecule has 1 saturated heterocycles. The normalized spacial score (nSPS) is 16.2. The number of alkyl halides is 3. The Morgan fingerprint density at radius 2 is 2.07 bits per heavy atom. The Labute approximate surface area is 168 Å². The molecule has 29 heavy (non-hydrogen) atoms. The first-order chi connectivity index (χ1) is 13.6. The number of carbonyl (C=O) groups is 1. The van der Waals surface area contributed by atoms with E-state index < -0.39 is 28.1 Å². The zero-order valence-electron chi connectivity index (χ0n) is 15.2. The number of hydrogen-bond acceptors (Lipinski definition) is 7. The van der Waals surface area contributed by atoms with Gasteiger partial charge in [0, 0.05) is 25.2 Å². The molecule has 3 rings (SSSR count). The van der Waals surface area contributed by atoms with Gasteiger partial charge in [-0.15, -0.1) is 11.3 Å². The van der Waals surface area contributed by atoms with Crippen molar-refractivity contribution in [2.75, 3.05) is 19.7 Å². The number of halogens is 3. The number of ether oxygens (including phenoxy) is 1. The number of carbonyl (C=O) groups excluding carboxylic acids is 1. The van der Waals surface area contributed by atoms with E-state index in [4.69, 9.17) is 4.74 Å². The molecule has 0 unspecified atom stereocenters. The fourth-order valence-electron chi connectivity index (χ4n) is 2.80. The number of amides is 1. The predicted molar refractivity (Wildman–Crippen MR) is 96.8 cm³/mol. The summed E-state index contributed by atoms with van der Waals surface area (Å²) < 4.78 is 74.8. The molecule has 1 aliphatic rings. The first-order valence-corrected chi connectivity index (χ1v) is 11.0. The van der Waals surface area contributed by atoms with E-state index in [-0.39, 0.29) is 27.4 Å². The van der Waals surface area contributed by atoms with E-state index in [1.807, 2.05) is 0 Å². The lowest BCUT2D eigenvalue weighted by Crippen LogP contribution is -2.46. The lowest BCUT2D eigenvalue weighted by Gasteiger charge is -2.31. The molecule has 0 aliphatic carbocycles. The van der Waals surface area contributed by atoms with E-state index in [0.29, 0.717) is 25.9 Å². The van der Waals surface area contributed by atoms with Crippen molar-refractivity contribution in [3.8, 4) is 10.6 Å². The Hall–Kier alpha value is -2.12. The van der Waals surface area contributed by atoms with E-state index in [0.717, 1.165) is 17.4 Å². The fourth-order valence-corrected chi connectivity index (χ4v) is 5.38. The van der Waals surface area contributed by atoms with Gasteiger partial charge in [-0.25, -0.2) is 17.9 Å². The van der Waals surface area contributed by atoms with Gasteiger partial charge in [-0.05, 0) is 31.9 Å². The molecule has 1 fully saturated rings. The second-order valence-electron chi connectivity index (χ2n) is 6.27. The van der Waals surface area contributed by atoms with Gasteiger partial charge in [-0.3, -0.25) is 0 Å². The van der Waals surface area contributed by atoms with E-state index in [1.165, 1.54) is 17.0 Å². The number of thiophene rings is 1. The Morgan fingerprint density at radius 3 is 2.66 bits per heavy atom. The molecule has 0 spiro atoms. The average molecular weight is 453 g/mol. The molecule has 0 bridgehead atoms. The topological polar surface area (TPSA) is 102 Å². The third kappa shape index (κ3) is 5.08. The molecule has 0 radical (unpaired) electrons. The van der Waals surface area contributed by atoms with E-state index in [2.05, 4.69) is 14.4 Å². The second-order valence-corrected chi connectivity index (χ2v) is 9.30. The number of nitrogens with zero attached hydrogens (tertiary/aromatic N) is 2. The Bertz CT molecular complexity index is 963. The van der Waals surface area contributed by atoms with E-state index in [1.54, 1.807) is 6.92 Å². The molecule has 8 nitrogen and oxygen atoms in total. The number of hydrogen-bond donors (Lipinski definition) is 1. The highest BCUT2D eigenvalue weighted by molar-refractivity contribution is 7.91. The van der Waals surface area contributed by atoms with Crippen LogP contribution in [0.4, 0.5) is 18.0 Å². The summed E-state index contributed by atoms with van der Waals surface area (Å²) in [6, 6.07) is 3.04. The van der Waals surface area contributed by atoms with Crippen LogP contribution in [-0.4, -0.2) is 50.3 Å². The minimum atomic E-state index is -4.67. The molecule has 2 aromatic heterocycles. The Kier molecular flexibility index (Phi) is 6.19. The minimum Gasteiger partial charge on any atom is -0.450 e. The molecule has 0 aromatic carbocycles. The van der Waals surface area contributed by atoms with Gasteiger partial charge < -0.3 is 14.2 Å². The van der Waals surface area contributed by atoms with Crippen LogP contribution >= 0.6 is 11.3 Å². The summed E-state index contributed by atoms with van der Waals surface area (Å²) in [5.74, 6) is -1.25. The molecule has 1 aliphatic heterocycles. The first-order valence-electron chi connectivity index (χ1n) is 8.68. The molecule has 1 N–H and O–H groups in total. The van der Waals surface area contributed by atoms with Crippen molar-refractivity contribution in [1.29, 1.82) is 0 Å². The van der Waals surface area contributed by atoms with E-state index in [9.17, 15) is 26.4 Å². The van der Waals surface area contributed by atoms with Crippen LogP contribution in [-0.2, 0) is 20.9 Å². The number of likely N-dealkylation sites (tertiary alicyclic amines) is 1. The molecular formula is C16H18F3N3O5S2. The van der Waals surface area contributed by atoms with Crippen LogP contribution in [0, 0.1) is 0 Å². The zero-order valence-corrected chi connectivity index (χ0v) is 16.9. The molecule has 0 atom stereocenters. The quantitative estimate of drug-likeness (QED) is 0.745. The van der Waals surface area contributed by atoms with Crippen LogP contribution in [0.5, 0.6) is 0 Å². The molecule has 3 heterocycles. The van der Waals surface area contributed by atoms with Crippen LogP contribution < -0.4 is 4.72 Å². The second kappa shape index (κ2) is 8.32. The van der Waals surface area contributed by atoms with Crippen LogP contribution in [0.1, 0.15) is 25.5 Å². The lowest BCUT2D eigenvalue weighted by molar-refractivity contribution is -0.155. The number of piperidine rings is 1. The van der Waals surface area contributed by atoms with Crippen molar-refractivity contribution < 1.29 is 35.6 Å². The van der Waals surface area contributed by atoms with Crippen LogP contribution in [0.3, 0.4) is 0 Å². The molecule has 1 amide bonds. The standard InChI is InChI=1S/C16H18F3N3O5S2/c1-2-26-15(23)22-7-5-10(6-8-22)21-29(24,25)14-4-3-12(28-14)11-9-13(27-20-11)16(17,18)19/h3-4,9-10,21H,2,5-8H2,1H3. The first kappa shape index (κ1) is 21.6. The zero-order chi connectivity index (χ0) is 21.2. The van der Waals surface area contributed by atoms with Crippen LogP contribution in [0.25, 0.3) is 10.6 Å². The highest BCUT2D eigenvalue weighted by atomic mass is 32.2. The number of rotatable bonds is 5. The molecule has 2 aromatic rings. The SMILES string of the molecule is CCOC(=O)N1CCC(NS(=O)(=O)c2ccc(-c3cc(C(F)(F)F)on3)s2)CC1.